The van der Waals surface area contributed by atoms with Crippen molar-refractivity contribution >= 4 is 5.91 Å². The highest BCUT2D eigenvalue weighted by Crippen LogP contribution is 2.19. The van der Waals surface area contributed by atoms with Gasteiger partial charge < -0.3 is 9.84 Å². The van der Waals surface area contributed by atoms with Crippen LogP contribution in [0.4, 0.5) is 4.39 Å². The second-order valence-electron chi connectivity index (χ2n) is 5.07. The normalized spacial score (nSPS) is 12.1. The summed E-state index contributed by atoms with van der Waals surface area (Å²) < 4.78 is 18.4. The van der Waals surface area contributed by atoms with E-state index in [4.69, 9.17) is 4.52 Å². The van der Waals surface area contributed by atoms with Gasteiger partial charge in [0.1, 0.15) is 11.9 Å². The fourth-order valence-electron chi connectivity index (χ4n) is 2.07. The van der Waals surface area contributed by atoms with Gasteiger partial charge in [0.25, 0.3) is 5.91 Å². The molecule has 2 heterocycles. The van der Waals surface area contributed by atoms with Crippen molar-refractivity contribution in [1.29, 1.82) is 0 Å². The highest BCUT2D eigenvalue weighted by molar-refractivity contribution is 5.95. The first kappa shape index (κ1) is 14.9. The Morgan fingerprint density at radius 3 is 2.96 bits per heavy atom. The van der Waals surface area contributed by atoms with Gasteiger partial charge in [0.15, 0.2) is 0 Å². The molecule has 0 spiro atoms. The molecule has 3 aromatic rings. The number of aromatic amines is 1. The van der Waals surface area contributed by atoms with Gasteiger partial charge in [-0.3, -0.25) is 9.89 Å². The summed E-state index contributed by atoms with van der Waals surface area (Å²) in [5.41, 5.74) is 1.62. The summed E-state index contributed by atoms with van der Waals surface area (Å²) in [5.74, 6) is -0.182. The third-order valence-electron chi connectivity index (χ3n) is 3.32. The second-order valence-corrected chi connectivity index (χ2v) is 5.07. The van der Waals surface area contributed by atoms with Crippen LogP contribution in [0.25, 0.3) is 11.4 Å². The monoisotopic (exact) mass is 315 g/mol. The van der Waals surface area contributed by atoms with E-state index in [9.17, 15) is 9.18 Å². The third kappa shape index (κ3) is 3.10. The SMILES string of the molecule is Cc1[nH]ncc1C(=O)N[C@@H](C)c1nc(-c2cccc(F)c2)no1. The lowest BCUT2D eigenvalue weighted by Crippen LogP contribution is -2.27. The Labute approximate surface area is 130 Å². The fraction of sp³-hybridized carbons (Fsp3) is 0.200. The van der Waals surface area contributed by atoms with Crippen molar-refractivity contribution in [2.24, 2.45) is 0 Å². The van der Waals surface area contributed by atoms with E-state index >= 15 is 0 Å². The molecule has 3 rings (SSSR count). The number of carbonyl (C=O) groups excluding carboxylic acids is 1. The van der Waals surface area contributed by atoms with E-state index in [0.29, 0.717) is 16.8 Å². The Balaban J connectivity index is 1.75. The van der Waals surface area contributed by atoms with Crippen molar-refractivity contribution in [2.45, 2.75) is 19.9 Å². The van der Waals surface area contributed by atoms with Gasteiger partial charge in [0.2, 0.25) is 11.7 Å². The van der Waals surface area contributed by atoms with Gasteiger partial charge in [-0.15, -0.1) is 0 Å². The molecule has 0 unspecified atom stereocenters. The minimum absolute atomic E-state index is 0.235. The number of benzene rings is 1. The third-order valence-corrected chi connectivity index (χ3v) is 3.32. The quantitative estimate of drug-likeness (QED) is 0.770. The standard InChI is InChI=1S/C15H14FN5O2/c1-8-12(7-17-20-8)14(22)18-9(2)15-19-13(21-23-15)10-4-3-5-11(16)6-10/h3-7,9H,1-2H3,(H,17,20)(H,18,22)/t9-/m0/s1. The highest BCUT2D eigenvalue weighted by atomic mass is 19.1. The molecule has 118 valence electrons. The van der Waals surface area contributed by atoms with E-state index in [1.807, 2.05) is 0 Å². The van der Waals surface area contributed by atoms with Gasteiger partial charge in [-0.1, -0.05) is 17.3 Å². The molecule has 1 amide bonds. The largest absolute Gasteiger partial charge is 0.340 e. The maximum Gasteiger partial charge on any atom is 0.255 e. The van der Waals surface area contributed by atoms with Crippen molar-refractivity contribution in [2.75, 3.05) is 0 Å². The van der Waals surface area contributed by atoms with Crippen LogP contribution >= 0.6 is 0 Å². The van der Waals surface area contributed by atoms with E-state index in [1.165, 1.54) is 18.3 Å². The number of nitrogens with zero attached hydrogens (tertiary/aromatic N) is 3. The average molecular weight is 315 g/mol. The summed E-state index contributed by atoms with van der Waals surface area (Å²) in [6.07, 6.45) is 1.45. The lowest BCUT2D eigenvalue weighted by Gasteiger charge is -2.08. The van der Waals surface area contributed by atoms with Crippen LogP contribution in [0, 0.1) is 12.7 Å². The molecule has 0 bridgehead atoms. The van der Waals surface area contributed by atoms with Crippen LogP contribution in [0.1, 0.15) is 34.9 Å². The number of rotatable bonds is 4. The van der Waals surface area contributed by atoms with E-state index in [1.54, 1.807) is 26.0 Å². The number of hydrogen-bond donors (Lipinski definition) is 2. The molecule has 0 aliphatic carbocycles. The van der Waals surface area contributed by atoms with Crippen LogP contribution in [0.15, 0.2) is 35.0 Å². The van der Waals surface area contributed by atoms with Gasteiger partial charge in [-0.2, -0.15) is 10.1 Å². The topological polar surface area (TPSA) is 96.7 Å². The first-order chi connectivity index (χ1) is 11.0. The summed E-state index contributed by atoms with van der Waals surface area (Å²) in [6, 6.07) is 5.39. The molecular formula is C15H14FN5O2. The number of nitrogens with one attached hydrogen (secondary N) is 2. The minimum atomic E-state index is -0.494. The molecule has 1 atom stereocenters. The Morgan fingerprint density at radius 2 is 2.26 bits per heavy atom. The van der Waals surface area contributed by atoms with Gasteiger partial charge >= 0.3 is 0 Å². The lowest BCUT2D eigenvalue weighted by atomic mass is 10.2. The Bertz CT molecular complexity index is 842. The first-order valence-corrected chi connectivity index (χ1v) is 6.95. The van der Waals surface area contributed by atoms with Crippen LogP contribution in [-0.2, 0) is 0 Å². The number of carbonyl (C=O) groups is 1. The number of aryl methyl sites for hydroxylation is 1. The van der Waals surface area contributed by atoms with Gasteiger partial charge in [0, 0.05) is 11.3 Å². The molecule has 0 saturated carbocycles. The summed E-state index contributed by atoms with van der Waals surface area (Å²) in [6.45, 7) is 3.47. The average Bonchev–Trinajstić information content (AvgIpc) is 3.16. The zero-order chi connectivity index (χ0) is 16.4. The van der Waals surface area contributed by atoms with E-state index in [2.05, 4.69) is 25.7 Å². The lowest BCUT2D eigenvalue weighted by molar-refractivity contribution is 0.0932. The smallest absolute Gasteiger partial charge is 0.255 e. The summed E-state index contributed by atoms with van der Waals surface area (Å²) in [5, 5.41) is 13.1. The molecule has 0 aliphatic heterocycles. The van der Waals surface area contributed by atoms with Crippen LogP contribution < -0.4 is 5.32 Å². The number of halogens is 1. The van der Waals surface area contributed by atoms with Gasteiger partial charge in [-0.05, 0) is 26.0 Å². The Kier molecular flexibility index (Phi) is 3.88. The molecule has 0 radical (unpaired) electrons. The predicted molar refractivity (Wildman–Crippen MR) is 78.9 cm³/mol. The van der Waals surface area contributed by atoms with E-state index in [0.717, 1.165) is 0 Å². The fourth-order valence-corrected chi connectivity index (χ4v) is 2.07. The summed E-state index contributed by atoms with van der Waals surface area (Å²) >= 11 is 0. The number of hydrogen-bond acceptors (Lipinski definition) is 5. The van der Waals surface area contributed by atoms with Crippen molar-refractivity contribution in [3.63, 3.8) is 0 Å². The molecule has 8 heteroatoms. The number of amides is 1. The van der Waals surface area contributed by atoms with Gasteiger partial charge in [0.05, 0.1) is 11.8 Å². The first-order valence-electron chi connectivity index (χ1n) is 6.95. The number of aromatic nitrogens is 4. The van der Waals surface area contributed by atoms with Crippen LogP contribution in [-0.4, -0.2) is 26.2 Å². The highest BCUT2D eigenvalue weighted by Gasteiger charge is 2.19. The molecular weight excluding hydrogens is 301 g/mol. The molecule has 23 heavy (non-hydrogen) atoms. The molecule has 7 nitrogen and oxygen atoms in total. The molecule has 2 aromatic heterocycles. The summed E-state index contributed by atoms with van der Waals surface area (Å²) in [7, 11) is 0. The van der Waals surface area contributed by atoms with Crippen molar-refractivity contribution in [1.82, 2.24) is 25.7 Å². The van der Waals surface area contributed by atoms with Crippen LogP contribution in [0.5, 0.6) is 0 Å². The predicted octanol–water partition coefficient (Wildman–Crippen LogP) is 2.40. The number of H-pyrrole nitrogens is 1. The minimum Gasteiger partial charge on any atom is -0.340 e. The van der Waals surface area contributed by atoms with Crippen molar-refractivity contribution in [3.05, 3.63) is 53.4 Å². The van der Waals surface area contributed by atoms with E-state index in [-0.39, 0.29) is 23.4 Å². The van der Waals surface area contributed by atoms with Crippen molar-refractivity contribution < 1.29 is 13.7 Å². The van der Waals surface area contributed by atoms with E-state index < -0.39 is 6.04 Å². The van der Waals surface area contributed by atoms with Crippen molar-refractivity contribution in [3.8, 4) is 11.4 Å². The molecule has 1 aromatic carbocycles. The molecule has 0 aliphatic rings. The van der Waals surface area contributed by atoms with Crippen LogP contribution in [0.2, 0.25) is 0 Å². The Hall–Kier alpha value is -3.03. The maximum atomic E-state index is 13.2. The van der Waals surface area contributed by atoms with Gasteiger partial charge in [-0.25, -0.2) is 4.39 Å². The molecule has 0 saturated heterocycles. The summed E-state index contributed by atoms with van der Waals surface area (Å²) in [4.78, 5) is 16.3. The van der Waals surface area contributed by atoms with Crippen LogP contribution in [0.3, 0.4) is 0 Å². The Morgan fingerprint density at radius 1 is 1.43 bits per heavy atom. The zero-order valence-corrected chi connectivity index (χ0v) is 12.5. The molecule has 0 fully saturated rings. The molecule has 2 N–H and O–H groups in total. The zero-order valence-electron chi connectivity index (χ0n) is 12.5. The second kappa shape index (κ2) is 5.99. The maximum absolute atomic E-state index is 13.2.